The molecule has 1 heterocycles. The minimum Gasteiger partial charge on any atom is -0.351 e. The molecule has 0 bridgehead atoms. The van der Waals surface area contributed by atoms with E-state index in [-0.39, 0.29) is 12.4 Å². The van der Waals surface area contributed by atoms with Gasteiger partial charge in [0.15, 0.2) is 0 Å². The molecule has 124 valence electrons. The van der Waals surface area contributed by atoms with Gasteiger partial charge in [-0.2, -0.15) is 13.2 Å². The molecule has 2 aromatic rings. The van der Waals surface area contributed by atoms with Crippen molar-refractivity contribution in [3.8, 4) is 0 Å². The minimum absolute atomic E-state index is 0.323. The second kappa shape index (κ2) is 7.36. The normalized spacial score (nSPS) is 11.3. The number of anilines is 1. The molecular formula is C13H12F4N4OS. The standard InChI is InChI=1S/C13H12F4N4OS/c14-9-3-1-8(2-4-9)5-11-20-21-12(23-11)18-6-10(22)19-7-13(15,16)17/h1-4H,5-7H2,(H,18,21)(H,19,22). The van der Waals surface area contributed by atoms with Crippen LogP contribution in [0.2, 0.25) is 0 Å². The first-order valence-electron chi connectivity index (χ1n) is 6.46. The first-order valence-corrected chi connectivity index (χ1v) is 7.27. The molecule has 1 amide bonds. The fourth-order valence-electron chi connectivity index (χ4n) is 1.59. The van der Waals surface area contributed by atoms with Gasteiger partial charge in [0, 0.05) is 6.42 Å². The number of carbonyl (C=O) groups excluding carboxylic acids is 1. The van der Waals surface area contributed by atoms with Gasteiger partial charge >= 0.3 is 6.18 Å². The van der Waals surface area contributed by atoms with Gasteiger partial charge in [-0.1, -0.05) is 23.5 Å². The van der Waals surface area contributed by atoms with Crippen LogP contribution in [0.4, 0.5) is 22.7 Å². The Labute approximate surface area is 132 Å². The Balaban J connectivity index is 1.80. The Bertz CT molecular complexity index is 657. The third kappa shape index (κ3) is 6.19. The molecule has 0 unspecified atom stereocenters. The van der Waals surface area contributed by atoms with Crippen molar-refractivity contribution in [3.05, 3.63) is 40.7 Å². The number of amides is 1. The summed E-state index contributed by atoms with van der Waals surface area (Å²) < 4.78 is 48.6. The second-order valence-electron chi connectivity index (χ2n) is 4.55. The van der Waals surface area contributed by atoms with Crippen molar-refractivity contribution in [3.63, 3.8) is 0 Å². The molecule has 10 heteroatoms. The van der Waals surface area contributed by atoms with Gasteiger partial charge in [0.2, 0.25) is 11.0 Å². The van der Waals surface area contributed by atoms with Gasteiger partial charge in [-0.05, 0) is 17.7 Å². The summed E-state index contributed by atoms with van der Waals surface area (Å²) in [6.07, 6.45) is -4.00. The number of carbonyl (C=O) groups is 1. The van der Waals surface area contributed by atoms with Crippen molar-refractivity contribution in [1.82, 2.24) is 15.5 Å². The van der Waals surface area contributed by atoms with Gasteiger partial charge in [0.25, 0.3) is 0 Å². The molecule has 5 nitrogen and oxygen atoms in total. The molecule has 0 aliphatic carbocycles. The largest absolute Gasteiger partial charge is 0.405 e. The fourth-order valence-corrected chi connectivity index (χ4v) is 2.36. The third-order valence-corrected chi connectivity index (χ3v) is 3.50. The highest BCUT2D eigenvalue weighted by Crippen LogP contribution is 2.18. The molecule has 0 radical (unpaired) electrons. The van der Waals surface area contributed by atoms with E-state index in [1.165, 1.54) is 23.5 Å². The predicted molar refractivity (Wildman–Crippen MR) is 76.7 cm³/mol. The van der Waals surface area contributed by atoms with E-state index in [9.17, 15) is 22.4 Å². The smallest absolute Gasteiger partial charge is 0.351 e. The predicted octanol–water partition coefficient (Wildman–Crippen LogP) is 2.36. The van der Waals surface area contributed by atoms with Crippen LogP contribution in [-0.4, -0.2) is 35.4 Å². The summed E-state index contributed by atoms with van der Waals surface area (Å²) in [5.74, 6) is -1.13. The summed E-state index contributed by atoms with van der Waals surface area (Å²) in [6, 6.07) is 5.91. The molecule has 0 aliphatic rings. The first-order chi connectivity index (χ1) is 10.8. The van der Waals surface area contributed by atoms with Crippen LogP contribution in [0.15, 0.2) is 24.3 Å². The molecule has 0 spiro atoms. The van der Waals surface area contributed by atoms with E-state index >= 15 is 0 Å². The van der Waals surface area contributed by atoms with Crippen molar-refractivity contribution in [1.29, 1.82) is 0 Å². The van der Waals surface area contributed by atoms with E-state index in [4.69, 9.17) is 0 Å². The summed E-state index contributed by atoms with van der Waals surface area (Å²) in [5.41, 5.74) is 0.844. The summed E-state index contributed by atoms with van der Waals surface area (Å²) in [6.45, 7) is -1.71. The number of aromatic nitrogens is 2. The summed E-state index contributed by atoms with van der Waals surface area (Å²) in [7, 11) is 0. The van der Waals surface area contributed by atoms with Crippen LogP contribution < -0.4 is 10.6 Å². The van der Waals surface area contributed by atoms with Crippen molar-refractivity contribution < 1.29 is 22.4 Å². The molecule has 0 fully saturated rings. The highest BCUT2D eigenvalue weighted by atomic mass is 32.1. The maximum Gasteiger partial charge on any atom is 0.405 e. The highest BCUT2D eigenvalue weighted by molar-refractivity contribution is 7.15. The van der Waals surface area contributed by atoms with Gasteiger partial charge in [-0.3, -0.25) is 4.79 Å². The Morgan fingerprint density at radius 1 is 1.17 bits per heavy atom. The number of nitrogens with one attached hydrogen (secondary N) is 2. The second-order valence-corrected chi connectivity index (χ2v) is 5.61. The molecule has 1 aromatic carbocycles. The van der Waals surface area contributed by atoms with Crippen LogP contribution >= 0.6 is 11.3 Å². The lowest BCUT2D eigenvalue weighted by Gasteiger charge is -2.08. The number of benzene rings is 1. The van der Waals surface area contributed by atoms with E-state index in [2.05, 4.69) is 15.5 Å². The Morgan fingerprint density at radius 2 is 1.87 bits per heavy atom. The molecule has 1 aromatic heterocycles. The summed E-state index contributed by atoms with van der Waals surface area (Å²) in [4.78, 5) is 11.2. The van der Waals surface area contributed by atoms with Gasteiger partial charge in [-0.25, -0.2) is 4.39 Å². The van der Waals surface area contributed by atoms with E-state index in [0.29, 0.717) is 16.6 Å². The number of alkyl halides is 3. The zero-order chi connectivity index (χ0) is 16.9. The topological polar surface area (TPSA) is 66.9 Å². The van der Waals surface area contributed by atoms with Crippen LogP contribution in [0.3, 0.4) is 0 Å². The average Bonchev–Trinajstić information content (AvgIpc) is 2.92. The zero-order valence-electron chi connectivity index (χ0n) is 11.7. The van der Waals surface area contributed by atoms with Crippen molar-refractivity contribution in [2.45, 2.75) is 12.6 Å². The van der Waals surface area contributed by atoms with Gasteiger partial charge in [0.1, 0.15) is 17.4 Å². The average molecular weight is 348 g/mol. The van der Waals surface area contributed by atoms with Crippen molar-refractivity contribution >= 4 is 22.4 Å². The molecular weight excluding hydrogens is 336 g/mol. The highest BCUT2D eigenvalue weighted by Gasteiger charge is 2.27. The molecule has 0 aliphatic heterocycles. The summed E-state index contributed by atoms with van der Waals surface area (Å²) in [5, 5.41) is 13.0. The van der Waals surface area contributed by atoms with Crippen LogP contribution in [0, 0.1) is 5.82 Å². The maximum absolute atomic E-state index is 12.8. The quantitative estimate of drug-likeness (QED) is 0.787. The molecule has 2 rings (SSSR count). The van der Waals surface area contributed by atoms with Crippen molar-refractivity contribution in [2.75, 3.05) is 18.4 Å². The van der Waals surface area contributed by atoms with Crippen LogP contribution in [-0.2, 0) is 11.2 Å². The number of nitrogens with zero attached hydrogens (tertiary/aromatic N) is 2. The van der Waals surface area contributed by atoms with Crippen molar-refractivity contribution in [2.24, 2.45) is 0 Å². The van der Waals surface area contributed by atoms with E-state index in [0.717, 1.165) is 5.56 Å². The maximum atomic E-state index is 12.8. The van der Waals surface area contributed by atoms with E-state index < -0.39 is 18.6 Å². The number of hydrogen-bond donors (Lipinski definition) is 2. The van der Waals surface area contributed by atoms with E-state index in [1.807, 2.05) is 0 Å². The first kappa shape index (κ1) is 17.1. The lowest BCUT2D eigenvalue weighted by Crippen LogP contribution is -2.37. The molecule has 2 N–H and O–H groups in total. The number of halogens is 4. The zero-order valence-corrected chi connectivity index (χ0v) is 12.5. The Kier molecular flexibility index (Phi) is 5.48. The lowest BCUT2D eigenvalue weighted by atomic mass is 10.2. The third-order valence-electron chi connectivity index (χ3n) is 2.62. The van der Waals surface area contributed by atoms with Crippen LogP contribution in [0.1, 0.15) is 10.6 Å². The number of hydrogen-bond acceptors (Lipinski definition) is 5. The SMILES string of the molecule is O=C(CNc1nnc(Cc2ccc(F)cc2)s1)NCC(F)(F)F. The number of rotatable bonds is 6. The monoisotopic (exact) mass is 348 g/mol. The van der Waals surface area contributed by atoms with Gasteiger partial charge < -0.3 is 10.6 Å². The van der Waals surface area contributed by atoms with Gasteiger partial charge in [0.05, 0.1) is 6.54 Å². The van der Waals surface area contributed by atoms with Gasteiger partial charge in [-0.15, -0.1) is 10.2 Å². The summed E-state index contributed by atoms with van der Waals surface area (Å²) >= 11 is 1.17. The lowest BCUT2D eigenvalue weighted by molar-refractivity contribution is -0.137. The Hall–Kier alpha value is -2.23. The fraction of sp³-hybridized carbons (Fsp3) is 0.308. The van der Waals surface area contributed by atoms with Crippen LogP contribution in [0.25, 0.3) is 0 Å². The molecule has 0 saturated heterocycles. The molecule has 23 heavy (non-hydrogen) atoms. The van der Waals surface area contributed by atoms with Crippen LogP contribution in [0.5, 0.6) is 0 Å². The minimum atomic E-state index is -4.44. The van der Waals surface area contributed by atoms with E-state index in [1.54, 1.807) is 17.4 Å². The molecule has 0 saturated carbocycles. The molecule has 0 atom stereocenters. The Morgan fingerprint density at radius 3 is 2.52 bits per heavy atom.